The Morgan fingerprint density at radius 3 is 2.86 bits per heavy atom. The highest BCUT2D eigenvalue weighted by atomic mass is 35.5. The van der Waals surface area contributed by atoms with Gasteiger partial charge in [0.25, 0.3) is 11.5 Å². The van der Waals surface area contributed by atoms with Crippen molar-refractivity contribution in [2.24, 2.45) is 0 Å². The first kappa shape index (κ1) is 15.6. The van der Waals surface area contributed by atoms with Crippen molar-refractivity contribution < 1.29 is 4.79 Å². The summed E-state index contributed by atoms with van der Waals surface area (Å²) in [4.78, 5) is 22.9. The van der Waals surface area contributed by atoms with Crippen molar-refractivity contribution in [2.45, 2.75) is 5.25 Å². The van der Waals surface area contributed by atoms with Crippen molar-refractivity contribution in [3.63, 3.8) is 0 Å². The summed E-state index contributed by atoms with van der Waals surface area (Å²) in [6.07, 6.45) is 1.97. The van der Waals surface area contributed by atoms with Gasteiger partial charge in [0.15, 0.2) is 0 Å². The van der Waals surface area contributed by atoms with E-state index in [-0.39, 0.29) is 22.4 Å². The molecule has 0 saturated carbocycles. The Morgan fingerprint density at radius 2 is 2.24 bits per heavy atom. The van der Waals surface area contributed by atoms with Gasteiger partial charge in [0, 0.05) is 22.9 Å². The van der Waals surface area contributed by atoms with Gasteiger partial charge in [-0.15, -0.1) is 0 Å². The highest BCUT2D eigenvalue weighted by molar-refractivity contribution is 7.98. The lowest BCUT2D eigenvalue weighted by molar-refractivity contribution is 0.0947. The van der Waals surface area contributed by atoms with Gasteiger partial charge in [0.1, 0.15) is 5.69 Å². The van der Waals surface area contributed by atoms with E-state index in [2.05, 4.69) is 15.5 Å². The normalized spacial score (nSPS) is 11.9. The molecular formula is C14H14ClN3O2S. The number of hydrogen-bond acceptors (Lipinski definition) is 4. The molecule has 0 radical (unpaired) electrons. The third kappa shape index (κ3) is 4.34. The van der Waals surface area contributed by atoms with Crippen LogP contribution in [0.4, 0.5) is 0 Å². The zero-order valence-corrected chi connectivity index (χ0v) is 12.9. The molecule has 2 aromatic rings. The van der Waals surface area contributed by atoms with Crippen LogP contribution in [-0.4, -0.2) is 28.9 Å². The van der Waals surface area contributed by atoms with Gasteiger partial charge in [-0.1, -0.05) is 23.7 Å². The molecule has 0 fully saturated rings. The molecule has 0 aliphatic rings. The zero-order valence-electron chi connectivity index (χ0n) is 11.3. The van der Waals surface area contributed by atoms with Crippen molar-refractivity contribution in [1.29, 1.82) is 0 Å². The summed E-state index contributed by atoms with van der Waals surface area (Å²) < 4.78 is 0. The second-order valence-corrected chi connectivity index (χ2v) is 5.77. The zero-order chi connectivity index (χ0) is 15.2. The maximum atomic E-state index is 11.9. The summed E-state index contributed by atoms with van der Waals surface area (Å²) in [5.41, 5.74) is 0.887. The molecule has 1 amide bonds. The topological polar surface area (TPSA) is 74.8 Å². The highest BCUT2D eigenvalue weighted by Gasteiger charge is 2.13. The van der Waals surface area contributed by atoms with Crippen LogP contribution in [0.3, 0.4) is 0 Å². The summed E-state index contributed by atoms with van der Waals surface area (Å²) in [7, 11) is 0. The van der Waals surface area contributed by atoms with Crippen molar-refractivity contribution >= 4 is 29.3 Å². The van der Waals surface area contributed by atoms with Gasteiger partial charge in [0.05, 0.1) is 0 Å². The Morgan fingerprint density at radius 1 is 1.43 bits per heavy atom. The van der Waals surface area contributed by atoms with E-state index in [0.717, 1.165) is 5.56 Å². The number of aromatic nitrogens is 2. The van der Waals surface area contributed by atoms with Crippen LogP contribution in [0.15, 0.2) is 41.2 Å². The molecule has 0 bridgehead atoms. The molecule has 7 heteroatoms. The Balaban J connectivity index is 2.01. The molecule has 0 aliphatic carbocycles. The lowest BCUT2D eigenvalue weighted by Crippen LogP contribution is -2.29. The highest BCUT2D eigenvalue weighted by Crippen LogP contribution is 2.27. The Labute approximate surface area is 131 Å². The lowest BCUT2D eigenvalue weighted by atomic mass is 10.1. The van der Waals surface area contributed by atoms with Crippen LogP contribution in [0.5, 0.6) is 0 Å². The van der Waals surface area contributed by atoms with E-state index in [4.69, 9.17) is 11.6 Å². The number of aromatic amines is 1. The molecular weight excluding hydrogens is 310 g/mol. The second kappa shape index (κ2) is 7.28. The lowest BCUT2D eigenvalue weighted by Gasteiger charge is -2.15. The fraction of sp³-hybridized carbons (Fsp3) is 0.214. The van der Waals surface area contributed by atoms with E-state index >= 15 is 0 Å². The molecule has 1 aromatic heterocycles. The van der Waals surface area contributed by atoms with Crippen molar-refractivity contribution in [3.05, 3.63) is 63.0 Å². The average molecular weight is 324 g/mol. The maximum Gasteiger partial charge on any atom is 0.271 e. The van der Waals surface area contributed by atoms with E-state index in [1.165, 1.54) is 12.1 Å². The molecule has 0 aliphatic heterocycles. The van der Waals surface area contributed by atoms with Crippen LogP contribution in [0.25, 0.3) is 0 Å². The van der Waals surface area contributed by atoms with Gasteiger partial charge in [-0.3, -0.25) is 9.59 Å². The molecule has 1 heterocycles. The number of nitrogens with one attached hydrogen (secondary N) is 2. The third-order valence-electron chi connectivity index (χ3n) is 2.86. The van der Waals surface area contributed by atoms with E-state index in [1.807, 2.05) is 30.5 Å². The molecule has 5 nitrogen and oxygen atoms in total. The number of carbonyl (C=O) groups excluding carboxylic acids is 1. The number of halogens is 1. The first-order valence-electron chi connectivity index (χ1n) is 6.22. The summed E-state index contributed by atoms with van der Waals surface area (Å²) in [5, 5.41) is 9.48. The number of hydrogen-bond donors (Lipinski definition) is 2. The van der Waals surface area contributed by atoms with Gasteiger partial charge in [-0.25, -0.2) is 5.10 Å². The predicted molar refractivity (Wildman–Crippen MR) is 84.9 cm³/mol. The first-order valence-corrected chi connectivity index (χ1v) is 7.89. The standard InChI is InChI=1S/C14H14ClN3O2S/c1-21-12(9-3-2-4-10(15)7-9)8-16-14(20)11-5-6-13(19)18-17-11/h2-7,12H,8H2,1H3,(H,16,20)(H,18,19). The quantitative estimate of drug-likeness (QED) is 0.885. The van der Waals surface area contributed by atoms with Gasteiger partial charge in [0.2, 0.25) is 0 Å². The third-order valence-corrected chi connectivity index (χ3v) is 4.11. The molecule has 0 spiro atoms. The predicted octanol–water partition coefficient (Wildman–Crippen LogP) is 2.26. The van der Waals surface area contributed by atoms with Crippen LogP contribution in [-0.2, 0) is 0 Å². The molecule has 1 atom stereocenters. The minimum Gasteiger partial charge on any atom is -0.349 e. The second-order valence-electron chi connectivity index (χ2n) is 4.30. The number of amides is 1. The summed E-state index contributed by atoms with van der Waals surface area (Å²) in [6, 6.07) is 10.2. The van der Waals surface area contributed by atoms with Crippen LogP contribution < -0.4 is 10.9 Å². The fourth-order valence-corrected chi connectivity index (χ4v) is 2.66. The summed E-state index contributed by atoms with van der Waals surface area (Å²) >= 11 is 7.60. The number of carbonyl (C=O) groups is 1. The number of rotatable bonds is 5. The number of nitrogens with zero attached hydrogens (tertiary/aromatic N) is 1. The molecule has 1 aromatic carbocycles. The van der Waals surface area contributed by atoms with Gasteiger partial charge in [-0.05, 0) is 30.0 Å². The number of thioether (sulfide) groups is 1. The summed E-state index contributed by atoms with van der Waals surface area (Å²) in [5.74, 6) is -0.327. The van der Waals surface area contributed by atoms with Crippen LogP contribution in [0.1, 0.15) is 21.3 Å². The molecule has 0 saturated heterocycles. The molecule has 2 N–H and O–H groups in total. The maximum absolute atomic E-state index is 11.9. The van der Waals surface area contributed by atoms with Gasteiger partial charge in [-0.2, -0.15) is 16.9 Å². The first-order chi connectivity index (χ1) is 10.1. The summed E-state index contributed by atoms with van der Waals surface area (Å²) in [6.45, 7) is 0.446. The van der Waals surface area contributed by atoms with Crippen molar-refractivity contribution in [2.75, 3.05) is 12.8 Å². The Bertz CT molecular complexity index is 669. The average Bonchev–Trinajstić information content (AvgIpc) is 2.48. The number of H-pyrrole nitrogens is 1. The minimum absolute atomic E-state index is 0.0930. The fourth-order valence-electron chi connectivity index (χ4n) is 1.79. The van der Waals surface area contributed by atoms with Crippen LogP contribution >= 0.6 is 23.4 Å². The molecule has 2 rings (SSSR count). The van der Waals surface area contributed by atoms with E-state index in [9.17, 15) is 9.59 Å². The van der Waals surface area contributed by atoms with Crippen LogP contribution in [0, 0.1) is 0 Å². The van der Waals surface area contributed by atoms with Gasteiger partial charge < -0.3 is 5.32 Å². The van der Waals surface area contributed by atoms with E-state index in [1.54, 1.807) is 11.8 Å². The largest absolute Gasteiger partial charge is 0.349 e. The Hall–Kier alpha value is -1.79. The SMILES string of the molecule is CSC(CNC(=O)c1ccc(=O)[nH]n1)c1cccc(Cl)c1. The molecule has 110 valence electrons. The number of benzene rings is 1. The molecule has 21 heavy (non-hydrogen) atoms. The van der Waals surface area contributed by atoms with Gasteiger partial charge >= 0.3 is 0 Å². The smallest absolute Gasteiger partial charge is 0.271 e. The van der Waals surface area contributed by atoms with Crippen LogP contribution in [0.2, 0.25) is 5.02 Å². The van der Waals surface area contributed by atoms with E-state index < -0.39 is 0 Å². The minimum atomic E-state index is -0.340. The Kier molecular flexibility index (Phi) is 5.41. The monoisotopic (exact) mass is 323 g/mol. The van der Waals surface area contributed by atoms with E-state index in [0.29, 0.717) is 11.6 Å². The molecule has 1 unspecified atom stereocenters. The van der Waals surface area contributed by atoms with Crippen molar-refractivity contribution in [1.82, 2.24) is 15.5 Å². The van der Waals surface area contributed by atoms with Crippen molar-refractivity contribution in [3.8, 4) is 0 Å².